The first-order chi connectivity index (χ1) is 9.42. The van der Waals surface area contributed by atoms with Gasteiger partial charge in [-0.3, -0.25) is 0 Å². The third-order valence-electron chi connectivity index (χ3n) is 3.80. The van der Waals surface area contributed by atoms with E-state index in [-0.39, 0.29) is 12.4 Å². The first-order valence-corrected chi connectivity index (χ1v) is 8.36. The van der Waals surface area contributed by atoms with Gasteiger partial charge in [-0.05, 0) is 31.6 Å². The van der Waals surface area contributed by atoms with Gasteiger partial charge in [0.15, 0.2) is 0 Å². The molecule has 20 heavy (non-hydrogen) atoms. The largest absolute Gasteiger partial charge is 0.392 e. The van der Waals surface area contributed by atoms with E-state index < -0.39 is 10.0 Å². The Kier molecular flexibility index (Phi) is 4.80. The quantitative estimate of drug-likeness (QED) is 0.867. The molecule has 1 unspecified atom stereocenters. The maximum Gasteiger partial charge on any atom is 0.218 e. The molecule has 2 rings (SSSR count). The van der Waals surface area contributed by atoms with E-state index in [0.717, 1.165) is 17.5 Å². The summed E-state index contributed by atoms with van der Waals surface area (Å²) in [5.74, 6) is 0.0266. The summed E-state index contributed by atoms with van der Waals surface area (Å²) >= 11 is 0. The number of likely N-dealkylation sites (N-methyl/N-ethyl adjacent to an activating group) is 1. The maximum atomic E-state index is 12.4. The van der Waals surface area contributed by atoms with Crippen LogP contribution in [-0.4, -0.2) is 56.0 Å². The first-order valence-electron chi connectivity index (χ1n) is 6.75. The minimum atomic E-state index is -3.25. The molecule has 1 atom stereocenters. The molecule has 0 bridgehead atoms. The van der Waals surface area contributed by atoms with Gasteiger partial charge in [0.1, 0.15) is 0 Å². The van der Waals surface area contributed by atoms with Gasteiger partial charge in [0.05, 0.1) is 12.4 Å². The lowest BCUT2D eigenvalue weighted by atomic mass is 10.2. The van der Waals surface area contributed by atoms with Crippen molar-refractivity contribution in [3.8, 4) is 0 Å². The summed E-state index contributed by atoms with van der Waals surface area (Å²) < 4.78 is 26.3. The smallest absolute Gasteiger partial charge is 0.218 e. The van der Waals surface area contributed by atoms with Crippen LogP contribution < -0.4 is 0 Å². The molecule has 0 radical (unpaired) electrons. The summed E-state index contributed by atoms with van der Waals surface area (Å²) in [7, 11) is 0.706. The molecule has 1 heterocycles. The number of sulfonamides is 1. The number of rotatable bonds is 5. The SMILES string of the molecule is CN(C)C1CCN(S(=O)(=O)Cc2ccc(CO)cc2)C1. The standard InChI is InChI=1S/C14H22N2O3S/c1-15(2)14-7-8-16(9-14)20(18,19)11-13-5-3-12(10-17)4-6-13/h3-6,14,17H,7-11H2,1-2H3. The number of benzene rings is 1. The maximum absolute atomic E-state index is 12.4. The lowest BCUT2D eigenvalue weighted by Gasteiger charge is -2.20. The molecule has 0 saturated carbocycles. The first kappa shape index (κ1) is 15.4. The Morgan fingerprint density at radius 2 is 1.85 bits per heavy atom. The second kappa shape index (κ2) is 6.22. The Morgan fingerprint density at radius 1 is 1.25 bits per heavy atom. The summed E-state index contributed by atoms with van der Waals surface area (Å²) in [4.78, 5) is 2.07. The average Bonchev–Trinajstić information content (AvgIpc) is 2.90. The Labute approximate surface area is 120 Å². The van der Waals surface area contributed by atoms with Crippen molar-refractivity contribution in [1.82, 2.24) is 9.21 Å². The summed E-state index contributed by atoms with van der Waals surface area (Å²) in [6, 6.07) is 7.36. The van der Waals surface area contributed by atoms with Crippen LogP contribution in [0, 0.1) is 0 Å². The fourth-order valence-corrected chi connectivity index (χ4v) is 4.01. The molecule has 1 N–H and O–H groups in total. The molecule has 1 aromatic rings. The molecule has 0 aliphatic carbocycles. The molecule has 1 aromatic carbocycles. The van der Waals surface area contributed by atoms with Crippen LogP contribution in [0.2, 0.25) is 0 Å². The van der Waals surface area contributed by atoms with Crippen LogP contribution in [0.3, 0.4) is 0 Å². The van der Waals surface area contributed by atoms with E-state index in [4.69, 9.17) is 5.11 Å². The molecule has 112 valence electrons. The van der Waals surface area contributed by atoms with E-state index in [9.17, 15) is 8.42 Å². The third kappa shape index (κ3) is 3.58. The van der Waals surface area contributed by atoms with Crippen LogP contribution in [0.1, 0.15) is 17.5 Å². The number of nitrogens with zero attached hydrogens (tertiary/aromatic N) is 2. The number of aliphatic hydroxyl groups excluding tert-OH is 1. The molecule has 0 aromatic heterocycles. The number of hydrogen-bond acceptors (Lipinski definition) is 4. The van der Waals surface area contributed by atoms with Crippen LogP contribution in [0.15, 0.2) is 24.3 Å². The Morgan fingerprint density at radius 3 is 2.35 bits per heavy atom. The van der Waals surface area contributed by atoms with Crippen LogP contribution in [0.25, 0.3) is 0 Å². The van der Waals surface area contributed by atoms with Gasteiger partial charge in [0.2, 0.25) is 10.0 Å². The van der Waals surface area contributed by atoms with E-state index in [1.54, 1.807) is 28.6 Å². The predicted molar refractivity (Wildman–Crippen MR) is 78.7 cm³/mol. The minimum Gasteiger partial charge on any atom is -0.392 e. The Bertz CT molecular complexity index is 540. The van der Waals surface area contributed by atoms with Crippen molar-refractivity contribution in [1.29, 1.82) is 0 Å². The summed E-state index contributed by atoms with van der Waals surface area (Å²) in [6.45, 7) is 1.15. The van der Waals surface area contributed by atoms with E-state index in [1.807, 2.05) is 14.1 Å². The van der Waals surface area contributed by atoms with Crippen LogP contribution in [0.4, 0.5) is 0 Å². The minimum absolute atomic E-state index is 0.0241. The van der Waals surface area contributed by atoms with Crippen molar-refractivity contribution in [3.05, 3.63) is 35.4 Å². The summed E-state index contributed by atoms with van der Waals surface area (Å²) in [5, 5.41) is 8.98. The molecule has 0 spiro atoms. The van der Waals surface area contributed by atoms with Crippen LogP contribution >= 0.6 is 0 Å². The predicted octanol–water partition coefficient (Wildman–Crippen LogP) is 0.645. The molecule has 0 amide bonds. The van der Waals surface area contributed by atoms with Crippen molar-refractivity contribution in [2.45, 2.75) is 24.8 Å². The van der Waals surface area contributed by atoms with E-state index in [2.05, 4.69) is 4.90 Å². The molecule has 6 heteroatoms. The molecule has 1 aliphatic heterocycles. The molecule has 1 saturated heterocycles. The second-order valence-corrected chi connectivity index (χ2v) is 7.46. The Balaban J connectivity index is 2.04. The normalized spacial score (nSPS) is 20.7. The van der Waals surface area contributed by atoms with E-state index in [1.165, 1.54) is 0 Å². The van der Waals surface area contributed by atoms with Crippen molar-refractivity contribution < 1.29 is 13.5 Å². The zero-order valence-corrected chi connectivity index (χ0v) is 12.8. The van der Waals surface area contributed by atoms with Gasteiger partial charge >= 0.3 is 0 Å². The van der Waals surface area contributed by atoms with Crippen LogP contribution in [-0.2, 0) is 22.4 Å². The van der Waals surface area contributed by atoms with Crippen molar-refractivity contribution in [2.24, 2.45) is 0 Å². The lowest BCUT2D eigenvalue weighted by Crippen LogP contribution is -2.35. The van der Waals surface area contributed by atoms with Gasteiger partial charge < -0.3 is 10.0 Å². The topological polar surface area (TPSA) is 60.9 Å². The van der Waals surface area contributed by atoms with Gasteiger partial charge in [0, 0.05) is 19.1 Å². The van der Waals surface area contributed by atoms with E-state index in [0.29, 0.717) is 19.1 Å². The highest BCUT2D eigenvalue weighted by Gasteiger charge is 2.32. The van der Waals surface area contributed by atoms with Gasteiger partial charge in [-0.25, -0.2) is 12.7 Å². The number of aliphatic hydroxyl groups is 1. The Hall–Kier alpha value is -0.950. The highest BCUT2D eigenvalue weighted by Crippen LogP contribution is 2.20. The van der Waals surface area contributed by atoms with Crippen molar-refractivity contribution in [2.75, 3.05) is 27.2 Å². The average molecular weight is 298 g/mol. The molecule has 1 aliphatic rings. The molecule has 1 fully saturated rings. The zero-order valence-electron chi connectivity index (χ0n) is 12.0. The molecule has 5 nitrogen and oxygen atoms in total. The monoisotopic (exact) mass is 298 g/mol. The summed E-state index contributed by atoms with van der Waals surface area (Å²) in [5.41, 5.74) is 1.55. The third-order valence-corrected chi connectivity index (χ3v) is 5.62. The summed E-state index contributed by atoms with van der Waals surface area (Å²) in [6.07, 6.45) is 0.885. The van der Waals surface area contributed by atoms with Gasteiger partial charge in [-0.15, -0.1) is 0 Å². The highest BCUT2D eigenvalue weighted by molar-refractivity contribution is 7.88. The lowest BCUT2D eigenvalue weighted by molar-refractivity contribution is 0.282. The fraction of sp³-hybridized carbons (Fsp3) is 0.571. The van der Waals surface area contributed by atoms with Crippen molar-refractivity contribution >= 4 is 10.0 Å². The highest BCUT2D eigenvalue weighted by atomic mass is 32.2. The zero-order chi connectivity index (χ0) is 14.8. The van der Waals surface area contributed by atoms with Gasteiger partial charge in [-0.1, -0.05) is 24.3 Å². The number of hydrogen-bond donors (Lipinski definition) is 1. The van der Waals surface area contributed by atoms with Gasteiger partial charge in [0.25, 0.3) is 0 Å². The molecular formula is C14H22N2O3S. The molecular weight excluding hydrogens is 276 g/mol. The second-order valence-electron chi connectivity index (χ2n) is 5.49. The van der Waals surface area contributed by atoms with Crippen molar-refractivity contribution in [3.63, 3.8) is 0 Å². The fourth-order valence-electron chi connectivity index (χ4n) is 2.43. The van der Waals surface area contributed by atoms with E-state index >= 15 is 0 Å². The van der Waals surface area contributed by atoms with Crippen LogP contribution in [0.5, 0.6) is 0 Å². The van der Waals surface area contributed by atoms with Gasteiger partial charge in [-0.2, -0.15) is 0 Å².